The summed E-state index contributed by atoms with van der Waals surface area (Å²) in [5.74, 6) is 0. The van der Waals surface area contributed by atoms with Gasteiger partial charge in [0.05, 0.1) is 22.7 Å². The third kappa shape index (κ3) is 6.73. The normalized spacial score (nSPS) is 12.5. The van der Waals surface area contributed by atoms with Gasteiger partial charge < -0.3 is 23.1 Å². The second-order valence-corrected chi connectivity index (χ2v) is 21.2. The van der Waals surface area contributed by atoms with Crippen LogP contribution in [0.15, 0.2) is 171 Å². The molecule has 0 saturated heterocycles. The molecular weight excluding hydrogens is 845 g/mol. The molecule has 0 atom stereocenters. The molecule has 0 saturated carbocycles. The predicted molar refractivity (Wildman–Crippen MR) is 291 cm³/mol. The van der Waals surface area contributed by atoms with Crippen molar-refractivity contribution in [1.29, 1.82) is 0 Å². The van der Waals surface area contributed by atoms with Crippen LogP contribution in [-0.4, -0.2) is 0 Å². The van der Waals surface area contributed by atoms with Crippen LogP contribution in [0.1, 0.15) is 74.9 Å². The molecule has 0 N–H and O–H groups in total. The molecule has 0 aliphatic rings. The first-order valence-corrected chi connectivity index (χ1v) is 24.2. The van der Waals surface area contributed by atoms with Gasteiger partial charge in [-0.1, -0.05) is 151 Å². The van der Waals surface area contributed by atoms with Crippen LogP contribution in [0, 0.1) is 27.7 Å². The summed E-state index contributed by atoms with van der Waals surface area (Å²) in [6, 6.07) is 57.2. The van der Waals surface area contributed by atoms with Gasteiger partial charge in [-0.2, -0.15) is 0 Å². The molecule has 9 aromatic carbocycles. The Morgan fingerprint density at radius 1 is 0.333 bits per heavy atom. The summed E-state index contributed by atoms with van der Waals surface area (Å²) >= 11 is 0. The highest BCUT2D eigenvalue weighted by molar-refractivity contribution is 6.24. The van der Waals surface area contributed by atoms with E-state index < -0.39 is 0 Å². The zero-order valence-corrected chi connectivity index (χ0v) is 41.1. The number of fused-ring (bicyclic) bond motifs is 11. The quantitative estimate of drug-likeness (QED) is 0.166. The summed E-state index contributed by atoms with van der Waals surface area (Å²) in [7, 11) is 0. The summed E-state index contributed by atoms with van der Waals surface area (Å²) in [6.45, 7) is 22.2. The number of furan rings is 3. The maximum Gasteiger partial charge on any atom is 0.159 e. The largest absolute Gasteiger partial charge is 0.456 e. The Morgan fingerprint density at radius 3 is 1.36 bits per heavy atom. The molecule has 0 fully saturated rings. The zero-order valence-electron chi connectivity index (χ0n) is 41.1. The standard InChI is InChI=1S/C64H56N2O3/c1-37-27-29-39(3)53(33-37)65(51-25-15-21-46-44-19-13-23-49(63(5,6)7)59(44)68-61(46)51)41-31-32-48-56(35-41)67-57-36-55(42-17-11-12-18-43(42)58(48)57)66(54-34-38(2)28-30-40(54)4)52-26-16-22-47-45-20-14-24-50(64(8,9)10)60(45)69-62(47)52/h11-36H,1-10H3. The fraction of sp³-hybridized carbons (Fsp3) is 0.188. The Kier molecular flexibility index (Phi) is 9.49. The van der Waals surface area contributed by atoms with Crippen LogP contribution in [0.5, 0.6) is 0 Å². The Morgan fingerprint density at radius 2 is 0.812 bits per heavy atom. The summed E-state index contributed by atoms with van der Waals surface area (Å²) in [6.07, 6.45) is 0. The third-order valence-corrected chi connectivity index (χ3v) is 14.3. The summed E-state index contributed by atoms with van der Waals surface area (Å²) in [5, 5.41) is 8.80. The Hall–Kier alpha value is -7.76. The van der Waals surface area contributed by atoms with Gasteiger partial charge in [0.25, 0.3) is 0 Å². The van der Waals surface area contributed by atoms with Gasteiger partial charge >= 0.3 is 0 Å². The number of nitrogens with zero attached hydrogens (tertiary/aromatic N) is 2. The SMILES string of the molecule is Cc1ccc(C)c(N(c2ccc3c(c2)oc2cc(N(c4cc(C)ccc4C)c4cccc5c4oc4c(C(C)(C)C)cccc45)c4ccccc4c23)c2cccc3c2oc2c(C(C)(C)C)cccc23)c1. The van der Waals surface area contributed by atoms with E-state index in [0.717, 1.165) is 122 Å². The molecule has 0 amide bonds. The van der Waals surface area contributed by atoms with Crippen LogP contribution in [0.4, 0.5) is 34.1 Å². The molecule has 0 radical (unpaired) electrons. The van der Waals surface area contributed by atoms with Crippen molar-refractivity contribution in [2.75, 3.05) is 9.80 Å². The number of benzene rings is 9. The molecule has 12 rings (SSSR count). The third-order valence-electron chi connectivity index (χ3n) is 14.3. The number of para-hydroxylation sites is 4. The number of hydrogen-bond acceptors (Lipinski definition) is 5. The van der Waals surface area contributed by atoms with E-state index in [9.17, 15) is 0 Å². The number of hydrogen-bond donors (Lipinski definition) is 0. The molecule has 3 heterocycles. The van der Waals surface area contributed by atoms with Gasteiger partial charge in [-0.05, 0) is 103 Å². The fourth-order valence-electron chi connectivity index (χ4n) is 10.8. The van der Waals surface area contributed by atoms with E-state index >= 15 is 0 Å². The van der Waals surface area contributed by atoms with Gasteiger partial charge in [0.1, 0.15) is 22.3 Å². The summed E-state index contributed by atoms with van der Waals surface area (Å²) in [5.41, 5.74) is 18.1. The van der Waals surface area contributed by atoms with E-state index in [1.807, 2.05) is 0 Å². The average molecular weight is 901 g/mol. The first kappa shape index (κ1) is 42.6. The van der Waals surface area contributed by atoms with Crippen molar-refractivity contribution in [1.82, 2.24) is 0 Å². The molecule has 0 bridgehead atoms. The van der Waals surface area contributed by atoms with Crippen LogP contribution < -0.4 is 9.80 Å². The molecular formula is C64H56N2O3. The first-order chi connectivity index (χ1) is 33.1. The van der Waals surface area contributed by atoms with Gasteiger partial charge in [-0.15, -0.1) is 0 Å². The van der Waals surface area contributed by atoms with E-state index in [1.165, 1.54) is 22.3 Å². The van der Waals surface area contributed by atoms with E-state index in [1.54, 1.807) is 0 Å². The second-order valence-electron chi connectivity index (χ2n) is 21.2. The Bertz CT molecular complexity index is 4050. The molecule has 5 heteroatoms. The van der Waals surface area contributed by atoms with Crippen LogP contribution in [0.2, 0.25) is 0 Å². The number of aryl methyl sites for hydroxylation is 4. The second kappa shape index (κ2) is 15.4. The van der Waals surface area contributed by atoms with Crippen molar-refractivity contribution < 1.29 is 13.3 Å². The van der Waals surface area contributed by atoms with Crippen LogP contribution >= 0.6 is 0 Å². The van der Waals surface area contributed by atoms with Gasteiger partial charge in [0.15, 0.2) is 11.2 Å². The lowest BCUT2D eigenvalue weighted by atomic mass is 9.86. The highest BCUT2D eigenvalue weighted by Crippen LogP contribution is 2.51. The van der Waals surface area contributed by atoms with Gasteiger partial charge in [0.2, 0.25) is 0 Å². The van der Waals surface area contributed by atoms with Gasteiger partial charge in [-0.3, -0.25) is 0 Å². The lowest BCUT2D eigenvalue weighted by Crippen LogP contribution is -2.12. The molecule has 0 spiro atoms. The molecule has 3 aromatic heterocycles. The van der Waals surface area contributed by atoms with E-state index in [0.29, 0.717) is 0 Å². The Balaban J connectivity index is 1.10. The smallest absolute Gasteiger partial charge is 0.159 e. The highest BCUT2D eigenvalue weighted by atomic mass is 16.3. The van der Waals surface area contributed by atoms with E-state index in [4.69, 9.17) is 13.3 Å². The van der Waals surface area contributed by atoms with Gasteiger partial charge in [0, 0.05) is 72.3 Å². The monoisotopic (exact) mass is 900 g/mol. The van der Waals surface area contributed by atoms with Gasteiger partial charge in [-0.25, -0.2) is 0 Å². The molecule has 12 aromatic rings. The molecule has 340 valence electrons. The topological polar surface area (TPSA) is 45.9 Å². The van der Waals surface area contributed by atoms with E-state index in [2.05, 4.69) is 237 Å². The molecule has 0 unspecified atom stereocenters. The highest BCUT2D eigenvalue weighted by Gasteiger charge is 2.29. The predicted octanol–water partition coefficient (Wildman–Crippen LogP) is 19.3. The van der Waals surface area contributed by atoms with Crippen molar-refractivity contribution >= 4 is 111 Å². The van der Waals surface area contributed by atoms with E-state index in [-0.39, 0.29) is 10.8 Å². The lowest BCUT2D eigenvalue weighted by molar-refractivity contribution is 0.572. The fourth-order valence-corrected chi connectivity index (χ4v) is 10.8. The average Bonchev–Trinajstić information content (AvgIpc) is 4.02. The molecule has 69 heavy (non-hydrogen) atoms. The summed E-state index contributed by atoms with van der Waals surface area (Å²) < 4.78 is 21.3. The number of anilines is 6. The minimum atomic E-state index is -0.102. The maximum atomic E-state index is 7.17. The van der Waals surface area contributed by atoms with Crippen LogP contribution in [0.25, 0.3) is 76.6 Å². The number of rotatable bonds is 6. The maximum absolute atomic E-state index is 7.17. The lowest BCUT2D eigenvalue weighted by Gasteiger charge is -2.28. The molecule has 0 aliphatic carbocycles. The van der Waals surface area contributed by atoms with Crippen molar-refractivity contribution in [3.05, 3.63) is 191 Å². The van der Waals surface area contributed by atoms with Crippen LogP contribution in [-0.2, 0) is 10.8 Å². The van der Waals surface area contributed by atoms with Crippen molar-refractivity contribution in [3.8, 4) is 0 Å². The zero-order chi connectivity index (χ0) is 47.7. The van der Waals surface area contributed by atoms with Crippen molar-refractivity contribution in [2.45, 2.75) is 80.1 Å². The first-order valence-electron chi connectivity index (χ1n) is 24.2. The Labute approximate surface area is 403 Å². The minimum Gasteiger partial charge on any atom is -0.456 e. The summed E-state index contributed by atoms with van der Waals surface area (Å²) in [4.78, 5) is 4.74. The van der Waals surface area contributed by atoms with Crippen molar-refractivity contribution in [2.24, 2.45) is 0 Å². The van der Waals surface area contributed by atoms with Crippen LogP contribution in [0.3, 0.4) is 0 Å². The molecule has 0 aliphatic heterocycles. The molecule has 5 nitrogen and oxygen atoms in total. The van der Waals surface area contributed by atoms with Crippen molar-refractivity contribution in [3.63, 3.8) is 0 Å². The minimum absolute atomic E-state index is 0.0937.